The lowest BCUT2D eigenvalue weighted by atomic mass is 9.78. The van der Waals surface area contributed by atoms with E-state index in [2.05, 4.69) is 10.7 Å². The van der Waals surface area contributed by atoms with Gasteiger partial charge in [-0.3, -0.25) is 9.59 Å². The van der Waals surface area contributed by atoms with Crippen molar-refractivity contribution >= 4 is 23.2 Å². The van der Waals surface area contributed by atoms with E-state index in [1.165, 1.54) is 5.56 Å². The van der Waals surface area contributed by atoms with E-state index in [9.17, 15) is 9.59 Å². The number of rotatable bonds is 5. The molecular formula is C14H19NO3S. The largest absolute Gasteiger partial charge is 0.481 e. The van der Waals surface area contributed by atoms with Crippen LogP contribution in [0.4, 0.5) is 0 Å². The molecule has 0 bridgehead atoms. The molecular weight excluding hydrogens is 262 g/mol. The summed E-state index contributed by atoms with van der Waals surface area (Å²) in [5.74, 6) is -1.79. The number of hydrogen-bond donors (Lipinski definition) is 2. The van der Waals surface area contributed by atoms with Crippen LogP contribution in [0.3, 0.4) is 0 Å². The smallest absolute Gasteiger partial charge is 0.307 e. The lowest BCUT2D eigenvalue weighted by Crippen LogP contribution is -2.40. The van der Waals surface area contributed by atoms with E-state index in [4.69, 9.17) is 5.11 Å². The summed E-state index contributed by atoms with van der Waals surface area (Å²) < 4.78 is 0. The molecule has 1 heterocycles. The van der Waals surface area contributed by atoms with Crippen molar-refractivity contribution in [2.24, 2.45) is 11.8 Å². The second-order valence-corrected chi connectivity index (χ2v) is 5.79. The number of hydrogen-bond acceptors (Lipinski definition) is 3. The fourth-order valence-electron chi connectivity index (χ4n) is 2.64. The highest BCUT2D eigenvalue weighted by Gasteiger charge is 2.35. The van der Waals surface area contributed by atoms with Gasteiger partial charge in [-0.05, 0) is 41.7 Å². The monoisotopic (exact) mass is 281 g/mol. The molecule has 1 fully saturated rings. The Bertz CT molecular complexity index is 430. The molecule has 0 aliphatic heterocycles. The summed E-state index contributed by atoms with van der Waals surface area (Å²) in [4.78, 5) is 23.2. The summed E-state index contributed by atoms with van der Waals surface area (Å²) in [7, 11) is 0. The molecule has 5 heteroatoms. The summed E-state index contributed by atoms with van der Waals surface area (Å²) in [6, 6.07) is 2.04. The third-order valence-corrected chi connectivity index (χ3v) is 4.44. The summed E-state index contributed by atoms with van der Waals surface area (Å²) >= 11 is 1.64. The molecule has 4 nitrogen and oxygen atoms in total. The average molecular weight is 281 g/mol. The highest BCUT2D eigenvalue weighted by Crippen LogP contribution is 2.30. The molecule has 0 radical (unpaired) electrons. The molecule has 104 valence electrons. The number of carbonyl (C=O) groups is 2. The predicted octanol–water partition coefficient (Wildman–Crippen LogP) is 2.30. The van der Waals surface area contributed by atoms with Crippen LogP contribution in [0, 0.1) is 11.8 Å². The highest BCUT2D eigenvalue weighted by atomic mass is 32.1. The minimum absolute atomic E-state index is 0.0951. The first-order valence-electron chi connectivity index (χ1n) is 6.70. The summed E-state index contributed by atoms with van der Waals surface area (Å²) in [6.45, 7) is 0.582. The molecule has 2 N–H and O–H groups in total. The summed E-state index contributed by atoms with van der Waals surface area (Å²) in [6.07, 6.45) is 3.99. The van der Waals surface area contributed by atoms with Crippen LogP contribution in [-0.2, 0) is 16.0 Å². The van der Waals surface area contributed by atoms with E-state index < -0.39 is 11.9 Å². The number of aliphatic carboxylic acids is 1. The van der Waals surface area contributed by atoms with Crippen LogP contribution >= 0.6 is 11.3 Å². The quantitative estimate of drug-likeness (QED) is 0.870. The maximum absolute atomic E-state index is 12.1. The zero-order valence-corrected chi connectivity index (χ0v) is 11.6. The first-order valence-corrected chi connectivity index (χ1v) is 7.64. The molecule has 2 unspecified atom stereocenters. The van der Waals surface area contributed by atoms with Crippen LogP contribution in [0.15, 0.2) is 16.8 Å². The summed E-state index contributed by atoms with van der Waals surface area (Å²) in [5.41, 5.74) is 1.21. The minimum atomic E-state index is -0.835. The number of thiophene rings is 1. The third kappa shape index (κ3) is 3.80. The van der Waals surface area contributed by atoms with Gasteiger partial charge in [-0.2, -0.15) is 11.3 Å². The molecule has 19 heavy (non-hydrogen) atoms. The van der Waals surface area contributed by atoms with Crippen molar-refractivity contribution in [1.82, 2.24) is 5.32 Å². The lowest BCUT2D eigenvalue weighted by molar-refractivity contribution is -0.148. The van der Waals surface area contributed by atoms with Crippen LogP contribution in [-0.4, -0.2) is 23.5 Å². The number of carboxylic acids is 1. The van der Waals surface area contributed by atoms with Gasteiger partial charge in [0.05, 0.1) is 11.8 Å². The Kier molecular flexibility index (Phi) is 4.96. The predicted molar refractivity (Wildman–Crippen MR) is 74.1 cm³/mol. The van der Waals surface area contributed by atoms with Gasteiger partial charge in [0.25, 0.3) is 0 Å². The maximum Gasteiger partial charge on any atom is 0.307 e. The van der Waals surface area contributed by atoms with Gasteiger partial charge >= 0.3 is 5.97 Å². The van der Waals surface area contributed by atoms with Gasteiger partial charge in [0, 0.05) is 6.54 Å². The Morgan fingerprint density at radius 3 is 2.68 bits per heavy atom. The van der Waals surface area contributed by atoms with Gasteiger partial charge in [0.1, 0.15) is 0 Å². The van der Waals surface area contributed by atoms with Crippen LogP contribution < -0.4 is 5.32 Å². The van der Waals surface area contributed by atoms with Crippen LogP contribution in [0.5, 0.6) is 0 Å². The molecule has 2 rings (SSSR count). The van der Waals surface area contributed by atoms with Gasteiger partial charge in [-0.1, -0.05) is 12.8 Å². The molecule has 0 spiro atoms. The Labute approximate surface area is 116 Å². The zero-order valence-electron chi connectivity index (χ0n) is 10.8. The van der Waals surface area contributed by atoms with E-state index in [-0.39, 0.29) is 11.8 Å². The minimum Gasteiger partial charge on any atom is -0.481 e. The third-order valence-electron chi connectivity index (χ3n) is 3.71. The number of amides is 1. The van der Waals surface area contributed by atoms with Gasteiger partial charge in [0.2, 0.25) is 5.91 Å². The average Bonchev–Trinajstić information content (AvgIpc) is 2.91. The maximum atomic E-state index is 12.1. The SMILES string of the molecule is O=C(O)C1CCCCC1C(=O)NCCc1ccsc1. The summed E-state index contributed by atoms with van der Waals surface area (Å²) in [5, 5.41) is 16.1. The van der Waals surface area contributed by atoms with Crippen molar-refractivity contribution < 1.29 is 14.7 Å². The van der Waals surface area contributed by atoms with Crippen LogP contribution in [0.1, 0.15) is 31.2 Å². The van der Waals surface area contributed by atoms with Crippen molar-refractivity contribution in [3.63, 3.8) is 0 Å². The van der Waals surface area contributed by atoms with Gasteiger partial charge in [-0.25, -0.2) is 0 Å². The number of carbonyl (C=O) groups excluding carboxylic acids is 1. The number of nitrogens with one attached hydrogen (secondary N) is 1. The lowest BCUT2D eigenvalue weighted by Gasteiger charge is -2.27. The van der Waals surface area contributed by atoms with E-state index in [1.54, 1.807) is 11.3 Å². The molecule has 1 aliphatic rings. The molecule has 1 saturated carbocycles. The highest BCUT2D eigenvalue weighted by molar-refractivity contribution is 7.07. The Morgan fingerprint density at radius 1 is 1.32 bits per heavy atom. The molecule has 1 aromatic heterocycles. The van der Waals surface area contributed by atoms with E-state index in [0.29, 0.717) is 19.4 Å². The Balaban J connectivity index is 1.82. The topological polar surface area (TPSA) is 66.4 Å². The molecule has 1 amide bonds. The zero-order chi connectivity index (χ0) is 13.7. The van der Waals surface area contributed by atoms with Crippen LogP contribution in [0.2, 0.25) is 0 Å². The van der Waals surface area contributed by atoms with Crippen molar-refractivity contribution in [2.75, 3.05) is 6.54 Å². The van der Waals surface area contributed by atoms with Crippen molar-refractivity contribution in [3.8, 4) is 0 Å². The van der Waals surface area contributed by atoms with Gasteiger partial charge < -0.3 is 10.4 Å². The normalized spacial score (nSPS) is 22.9. The molecule has 1 aliphatic carbocycles. The second-order valence-electron chi connectivity index (χ2n) is 5.01. The van der Waals surface area contributed by atoms with E-state index in [0.717, 1.165) is 19.3 Å². The molecule has 0 aromatic carbocycles. The second kappa shape index (κ2) is 6.70. The van der Waals surface area contributed by atoms with Crippen molar-refractivity contribution in [2.45, 2.75) is 32.1 Å². The first-order chi connectivity index (χ1) is 9.18. The molecule has 1 aromatic rings. The van der Waals surface area contributed by atoms with Gasteiger partial charge in [0.15, 0.2) is 0 Å². The molecule has 2 atom stereocenters. The fraction of sp³-hybridized carbons (Fsp3) is 0.571. The standard InChI is InChI=1S/C14H19NO3S/c16-13(15-7-5-10-6-8-19-9-10)11-3-1-2-4-12(11)14(17)18/h6,8-9,11-12H,1-5,7H2,(H,15,16)(H,17,18). The van der Waals surface area contributed by atoms with E-state index in [1.807, 2.05) is 11.4 Å². The van der Waals surface area contributed by atoms with Crippen molar-refractivity contribution in [3.05, 3.63) is 22.4 Å². The van der Waals surface area contributed by atoms with E-state index >= 15 is 0 Å². The number of carboxylic acid groups (broad SMARTS) is 1. The first kappa shape index (κ1) is 14.1. The molecule has 0 saturated heterocycles. The van der Waals surface area contributed by atoms with Crippen LogP contribution in [0.25, 0.3) is 0 Å². The van der Waals surface area contributed by atoms with Gasteiger partial charge in [-0.15, -0.1) is 0 Å². The fourth-order valence-corrected chi connectivity index (χ4v) is 3.34. The van der Waals surface area contributed by atoms with Crippen molar-refractivity contribution in [1.29, 1.82) is 0 Å². The Morgan fingerprint density at radius 2 is 2.05 bits per heavy atom. The Hall–Kier alpha value is -1.36.